The van der Waals surface area contributed by atoms with Gasteiger partial charge in [0.2, 0.25) is 0 Å². The van der Waals surface area contributed by atoms with Gasteiger partial charge in [0.25, 0.3) is 6.43 Å². The van der Waals surface area contributed by atoms with E-state index >= 15 is 0 Å². The second kappa shape index (κ2) is 6.20. The van der Waals surface area contributed by atoms with E-state index in [4.69, 9.17) is 0 Å². The first-order valence-corrected chi connectivity index (χ1v) is 6.16. The Morgan fingerprint density at radius 2 is 1.94 bits per heavy atom. The monoisotopic (exact) mass is 258 g/mol. The molecule has 1 aliphatic heterocycles. The van der Waals surface area contributed by atoms with Gasteiger partial charge in [-0.05, 0) is 18.1 Å². The molecule has 18 heavy (non-hydrogen) atoms. The van der Waals surface area contributed by atoms with E-state index in [1.54, 1.807) is 6.07 Å². The van der Waals surface area contributed by atoms with E-state index in [9.17, 15) is 13.2 Å². The number of halogens is 3. The maximum Gasteiger partial charge on any atom is 0.266 e. The first kappa shape index (κ1) is 13.4. The second-order valence-corrected chi connectivity index (χ2v) is 4.50. The average Bonchev–Trinajstić information content (AvgIpc) is 2.37. The molecule has 0 aromatic heterocycles. The zero-order valence-electron chi connectivity index (χ0n) is 10.1. The van der Waals surface area contributed by atoms with Crippen LogP contribution in [0.15, 0.2) is 18.2 Å². The summed E-state index contributed by atoms with van der Waals surface area (Å²) in [6, 6.07) is 4.00. The summed E-state index contributed by atoms with van der Waals surface area (Å²) in [4.78, 5) is 2.29. The Hall–Kier alpha value is -1.07. The first-order valence-electron chi connectivity index (χ1n) is 6.16. The van der Waals surface area contributed by atoms with E-state index in [1.807, 2.05) is 0 Å². The van der Waals surface area contributed by atoms with Crippen molar-refractivity contribution in [1.29, 1.82) is 0 Å². The highest BCUT2D eigenvalue weighted by atomic mass is 19.3. The molecule has 1 saturated heterocycles. The van der Waals surface area contributed by atoms with Crippen molar-refractivity contribution in [3.8, 4) is 0 Å². The highest BCUT2D eigenvalue weighted by Crippen LogP contribution is 2.22. The van der Waals surface area contributed by atoms with E-state index < -0.39 is 17.8 Å². The second-order valence-electron chi connectivity index (χ2n) is 4.50. The zero-order chi connectivity index (χ0) is 13.0. The molecule has 0 radical (unpaired) electrons. The molecule has 0 aliphatic carbocycles. The third-order valence-electron chi connectivity index (χ3n) is 3.23. The minimum absolute atomic E-state index is 0.513. The summed E-state index contributed by atoms with van der Waals surface area (Å²) in [6.45, 7) is 4.75. The topological polar surface area (TPSA) is 15.3 Å². The molecule has 2 nitrogen and oxygen atoms in total. The summed E-state index contributed by atoms with van der Waals surface area (Å²) in [7, 11) is 0. The summed E-state index contributed by atoms with van der Waals surface area (Å²) >= 11 is 0. The van der Waals surface area contributed by atoms with E-state index in [1.165, 1.54) is 12.1 Å². The van der Waals surface area contributed by atoms with Crippen LogP contribution in [-0.2, 0) is 6.42 Å². The molecule has 1 aliphatic rings. The molecule has 2 rings (SSSR count). The largest absolute Gasteiger partial charge is 0.314 e. The van der Waals surface area contributed by atoms with Crippen molar-refractivity contribution in [2.24, 2.45) is 0 Å². The number of alkyl halides is 2. The zero-order valence-corrected chi connectivity index (χ0v) is 10.1. The average molecular weight is 258 g/mol. The Kier molecular flexibility index (Phi) is 4.60. The molecule has 0 amide bonds. The number of rotatable bonds is 4. The van der Waals surface area contributed by atoms with Crippen LogP contribution in [0.2, 0.25) is 0 Å². The van der Waals surface area contributed by atoms with Gasteiger partial charge in [-0.1, -0.05) is 12.1 Å². The molecule has 0 atom stereocenters. The van der Waals surface area contributed by atoms with Gasteiger partial charge in [0, 0.05) is 32.7 Å². The van der Waals surface area contributed by atoms with Gasteiger partial charge in [0.05, 0.1) is 5.56 Å². The van der Waals surface area contributed by atoms with Gasteiger partial charge in [-0.25, -0.2) is 13.2 Å². The standard InChI is InChI=1S/C13H17F3N2/c14-12-9-10(1-2-11(12)13(15)16)3-6-18-7-4-17-5-8-18/h1-2,9,13,17H,3-8H2. The highest BCUT2D eigenvalue weighted by Gasteiger charge is 2.14. The number of hydrogen-bond donors (Lipinski definition) is 1. The number of benzene rings is 1. The van der Waals surface area contributed by atoms with Gasteiger partial charge >= 0.3 is 0 Å². The minimum atomic E-state index is -2.74. The third-order valence-corrected chi connectivity index (χ3v) is 3.23. The van der Waals surface area contributed by atoms with Crippen molar-refractivity contribution < 1.29 is 13.2 Å². The molecule has 1 fully saturated rings. The summed E-state index contributed by atoms with van der Waals surface area (Å²) in [5, 5.41) is 3.26. The van der Waals surface area contributed by atoms with Crippen LogP contribution in [0.1, 0.15) is 17.6 Å². The molecule has 1 N–H and O–H groups in total. The number of piperazine rings is 1. The maximum absolute atomic E-state index is 13.4. The normalized spacial score (nSPS) is 17.3. The smallest absolute Gasteiger partial charge is 0.266 e. The molecule has 1 heterocycles. The number of nitrogens with one attached hydrogen (secondary N) is 1. The van der Waals surface area contributed by atoms with Crippen LogP contribution in [-0.4, -0.2) is 37.6 Å². The molecule has 100 valence electrons. The number of nitrogens with zero attached hydrogens (tertiary/aromatic N) is 1. The fraction of sp³-hybridized carbons (Fsp3) is 0.538. The van der Waals surface area contributed by atoms with Gasteiger partial charge in [-0.2, -0.15) is 0 Å². The Bertz CT molecular complexity index is 390. The summed E-state index contributed by atoms with van der Waals surface area (Å²) < 4.78 is 38.1. The third kappa shape index (κ3) is 3.46. The predicted octanol–water partition coefficient (Wildman–Crippen LogP) is 2.21. The van der Waals surface area contributed by atoms with Crippen LogP contribution in [0.3, 0.4) is 0 Å². The molecule has 0 bridgehead atoms. The summed E-state index contributed by atoms with van der Waals surface area (Å²) in [6.07, 6.45) is -2.05. The molecule has 5 heteroatoms. The Labute approximate surface area is 105 Å². The van der Waals surface area contributed by atoms with Crippen molar-refractivity contribution in [2.75, 3.05) is 32.7 Å². The molecule has 0 spiro atoms. The summed E-state index contributed by atoms with van der Waals surface area (Å²) in [5.41, 5.74) is 0.261. The van der Waals surface area contributed by atoms with Gasteiger partial charge in [-0.15, -0.1) is 0 Å². The highest BCUT2D eigenvalue weighted by molar-refractivity contribution is 5.25. The Morgan fingerprint density at radius 1 is 1.22 bits per heavy atom. The van der Waals surface area contributed by atoms with Crippen molar-refractivity contribution in [3.05, 3.63) is 35.1 Å². The van der Waals surface area contributed by atoms with Crippen LogP contribution >= 0.6 is 0 Å². The van der Waals surface area contributed by atoms with Gasteiger partial charge in [0.15, 0.2) is 0 Å². The molecule has 0 saturated carbocycles. The SMILES string of the molecule is Fc1cc(CCN2CCNCC2)ccc1C(F)F. The lowest BCUT2D eigenvalue weighted by molar-refractivity contribution is 0.146. The Balaban J connectivity index is 1.91. The maximum atomic E-state index is 13.4. The van der Waals surface area contributed by atoms with Gasteiger partial charge in [0.1, 0.15) is 5.82 Å². The van der Waals surface area contributed by atoms with Crippen LogP contribution in [0.5, 0.6) is 0 Å². The lowest BCUT2D eigenvalue weighted by Crippen LogP contribution is -2.44. The molecular formula is C13H17F3N2. The van der Waals surface area contributed by atoms with Crippen molar-refractivity contribution in [2.45, 2.75) is 12.8 Å². The molecule has 1 aromatic carbocycles. The summed E-state index contributed by atoms with van der Waals surface area (Å²) in [5.74, 6) is -0.803. The van der Waals surface area contributed by atoms with Gasteiger partial charge in [-0.3, -0.25) is 0 Å². The van der Waals surface area contributed by atoms with Gasteiger partial charge < -0.3 is 10.2 Å². The van der Waals surface area contributed by atoms with Crippen molar-refractivity contribution >= 4 is 0 Å². The van der Waals surface area contributed by atoms with Crippen molar-refractivity contribution in [3.63, 3.8) is 0 Å². The van der Waals surface area contributed by atoms with Crippen LogP contribution in [0.4, 0.5) is 13.2 Å². The van der Waals surface area contributed by atoms with E-state index in [-0.39, 0.29) is 0 Å². The van der Waals surface area contributed by atoms with E-state index in [0.29, 0.717) is 6.42 Å². The fourth-order valence-corrected chi connectivity index (χ4v) is 2.13. The van der Waals surface area contributed by atoms with E-state index in [0.717, 1.165) is 38.3 Å². The van der Waals surface area contributed by atoms with Crippen LogP contribution in [0, 0.1) is 5.82 Å². The fourth-order valence-electron chi connectivity index (χ4n) is 2.13. The van der Waals surface area contributed by atoms with Crippen molar-refractivity contribution in [1.82, 2.24) is 10.2 Å². The predicted molar refractivity (Wildman–Crippen MR) is 64.4 cm³/mol. The first-order chi connectivity index (χ1) is 8.66. The lowest BCUT2D eigenvalue weighted by Gasteiger charge is -2.27. The van der Waals surface area contributed by atoms with Crippen LogP contribution in [0.25, 0.3) is 0 Å². The number of hydrogen-bond acceptors (Lipinski definition) is 2. The quantitative estimate of drug-likeness (QED) is 0.890. The van der Waals surface area contributed by atoms with E-state index in [2.05, 4.69) is 10.2 Å². The minimum Gasteiger partial charge on any atom is -0.314 e. The van der Waals surface area contributed by atoms with Crippen LogP contribution < -0.4 is 5.32 Å². The molecule has 0 unspecified atom stereocenters. The molecular weight excluding hydrogens is 241 g/mol. The Morgan fingerprint density at radius 3 is 2.56 bits per heavy atom. The molecule has 1 aromatic rings. The lowest BCUT2D eigenvalue weighted by atomic mass is 10.1.